The van der Waals surface area contributed by atoms with Gasteiger partial charge in [0.05, 0.1) is 19.3 Å². The van der Waals surface area contributed by atoms with Crippen molar-refractivity contribution in [1.82, 2.24) is 0 Å². The van der Waals surface area contributed by atoms with Crippen LogP contribution < -0.4 is 0 Å². The molecular weight excluding hydrogens is 204 g/mol. The van der Waals surface area contributed by atoms with Crippen LogP contribution in [0.15, 0.2) is 12.2 Å². The minimum atomic E-state index is -0.429. The smallest absolute Gasteiger partial charge is 0.171 e. The number of aliphatic hydroxyl groups excluding tert-OH is 1. The standard InChI is InChI=1S/C13H24O3/c1-5-13(15-6-7-16-13)11(3)8-10(2)9-12(4)14/h11-12,14H,2,5-9H2,1,3-4H3/t11?,12-/m1/s1. The predicted molar refractivity (Wildman–Crippen MR) is 64.1 cm³/mol. The second-order valence-electron chi connectivity index (χ2n) is 4.77. The maximum Gasteiger partial charge on any atom is 0.171 e. The van der Waals surface area contributed by atoms with E-state index in [-0.39, 0.29) is 12.0 Å². The molecule has 0 amide bonds. The van der Waals surface area contributed by atoms with Crippen LogP contribution in [0, 0.1) is 5.92 Å². The minimum absolute atomic E-state index is 0.284. The summed E-state index contributed by atoms with van der Waals surface area (Å²) in [6.45, 7) is 11.4. The molecule has 1 fully saturated rings. The maximum atomic E-state index is 9.30. The molecule has 94 valence electrons. The highest BCUT2D eigenvalue weighted by Gasteiger charge is 2.40. The molecule has 1 unspecified atom stereocenters. The van der Waals surface area contributed by atoms with E-state index in [1.165, 1.54) is 0 Å². The minimum Gasteiger partial charge on any atom is -0.393 e. The van der Waals surface area contributed by atoms with Crippen LogP contribution in [-0.4, -0.2) is 30.2 Å². The molecule has 1 rings (SSSR count). The van der Waals surface area contributed by atoms with Gasteiger partial charge in [-0.2, -0.15) is 0 Å². The molecule has 2 atom stereocenters. The Balaban J connectivity index is 2.49. The van der Waals surface area contributed by atoms with Gasteiger partial charge in [0.25, 0.3) is 0 Å². The number of rotatable bonds is 6. The van der Waals surface area contributed by atoms with Gasteiger partial charge in [-0.25, -0.2) is 0 Å². The van der Waals surface area contributed by atoms with Crippen molar-refractivity contribution in [2.45, 2.75) is 51.9 Å². The monoisotopic (exact) mass is 228 g/mol. The zero-order chi connectivity index (χ0) is 12.2. The van der Waals surface area contributed by atoms with Crippen LogP contribution in [0.4, 0.5) is 0 Å². The van der Waals surface area contributed by atoms with Crippen molar-refractivity contribution < 1.29 is 14.6 Å². The summed E-state index contributed by atoms with van der Waals surface area (Å²) in [7, 11) is 0. The summed E-state index contributed by atoms with van der Waals surface area (Å²) in [5, 5.41) is 9.30. The van der Waals surface area contributed by atoms with Gasteiger partial charge in [0.15, 0.2) is 5.79 Å². The summed E-state index contributed by atoms with van der Waals surface area (Å²) in [5.41, 5.74) is 1.06. The van der Waals surface area contributed by atoms with Crippen molar-refractivity contribution in [3.63, 3.8) is 0 Å². The second-order valence-corrected chi connectivity index (χ2v) is 4.77. The van der Waals surface area contributed by atoms with E-state index in [4.69, 9.17) is 9.47 Å². The first-order valence-electron chi connectivity index (χ1n) is 6.12. The molecule has 1 aliphatic rings. The second kappa shape index (κ2) is 5.80. The Bertz CT molecular complexity index is 229. The van der Waals surface area contributed by atoms with Crippen molar-refractivity contribution in [2.24, 2.45) is 5.92 Å². The van der Waals surface area contributed by atoms with Crippen LogP contribution in [0.2, 0.25) is 0 Å². The van der Waals surface area contributed by atoms with Crippen molar-refractivity contribution in [1.29, 1.82) is 0 Å². The van der Waals surface area contributed by atoms with Crippen molar-refractivity contribution >= 4 is 0 Å². The van der Waals surface area contributed by atoms with Gasteiger partial charge >= 0.3 is 0 Å². The van der Waals surface area contributed by atoms with E-state index in [0.29, 0.717) is 19.6 Å². The number of aliphatic hydroxyl groups is 1. The Morgan fingerprint density at radius 2 is 1.88 bits per heavy atom. The zero-order valence-corrected chi connectivity index (χ0v) is 10.7. The first-order valence-corrected chi connectivity index (χ1v) is 6.12. The average molecular weight is 228 g/mol. The molecule has 0 spiro atoms. The maximum absolute atomic E-state index is 9.30. The van der Waals surface area contributed by atoms with Crippen LogP contribution in [0.25, 0.3) is 0 Å². The van der Waals surface area contributed by atoms with Crippen molar-refractivity contribution in [3.05, 3.63) is 12.2 Å². The topological polar surface area (TPSA) is 38.7 Å². The summed E-state index contributed by atoms with van der Waals surface area (Å²) < 4.78 is 11.5. The van der Waals surface area contributed by atoms with Crippen LogP contribution in [0.3, 0.4) is 0 Å². The van der Waals surface area contributed by atoms with Crippen molar-refractivity contribution in [3.8, 4) is 0 Å². The van der Waals surface area contributed by atoms with Gasteiger partial charge < -0.3 is 14.6 Å². The normalized spacial score (nSPS) is 23.0. The molecule has 0 aromatic heterocycles. The number of hydrogen-bond acceptors (Lipinski definition) is 3. The van der Waals surface area contributed by atoms with E-state index in [0.717, 1.165) is 18.4 Å². The van der Waals surface area contributed by atoms with Gasteiger partial charge in [0.1, 0.15) is 0 Å². The highest BCUT2D eigenvalue weighted by Crippen LogP contribution is 2.35. The third-order valence-corrected chi connectivity index (χ3v) is 3.20. The van der Waals surface area contributed by atoms with E-state index >= 15 is 0 Å². The van der Waals surface area contributed by atoms with Gasteiger partial charge in [-0.3, -0.25) is 0 Å². The Morgan fingerprint density at radius 1 is 1.31 bits per heavy atom. The molecule has 3 heteroatoms. The molecule has 1 aliphatic heterocycles. The van der Waals surface area contributed by atoms with E-state index in [1.54, 1.807) is 6.92 Å². The van der Waals surface area contributed by atoms with E-state index in [1.807, 2.05) is 0 Å². The van der Waals surface area contributed by atoms with E-state index in [2.05, 4.69) is 20.4 Å². The summed E-state index contributed by atoms with van der Waals surface area (Å²) in [5.74, 6) is -0.145. The molecule has 0 bridgehead atoms. The lowest BCUT2D eigenvalue weighted by Gasteiger charge is -2.33. The Labute approximate surface area is 98.4 Å². The van der Waals surface area contributed by atoms with Gasteiger partial charge in [-0.15, -0.1) is 0 Å². The van der Waals surface area contributed by atoms with Gasteiger partial charge in [0.2, 0.25) is 0 Å². The Kier molecular flexibility index (Phi) is 4.96. The fourth-order valence-electron chi connectivity index (χ4n) is 2.40. The molecule has 0 aliphatic carbocycles. The lowest BCUT2D eigenvalue weighted by atomic mass is 9.90. The third kappa shape index (κ3) is 3.30. The van der Waals surface area contributed by atoms with Gasteiger partial charge in [-0.1, -0.05) is 26.0 Å². The summed E-state index contributed by atoms with van der Waals surface area (Å²) in [4.78, 5) is 0. The summed E-state index contributed by atoms with van der Waals surface area (Å²) in [6.07, 6.45) is 2.04. The largest absolute Gasteiger partial charge is 0.393 e. The molecule has 1 N–H and O–H groups in total. The highest BCUT2D eigenvalue weighted by molar-refractivity contribution is 4.99. The molecule has 1 heterocycles. The highest BCUT2D eigenvalue weighted by atomic mass is 16.7. The van der Waals surface area contributed by atoms with Gasteiger partial charge in [-0.05, 0) is 26.2 Å². The van der Waals surface area contributed by atoms with E-state index < -0.39 is 5.79 Å². The molecule has 16 heavy (non-hydrogen) atoms. The molecule has 3 nitrogen and oxygen atoms in total. The molecule has 0 saturated carbocycles. The molecule has 1 saturated heterocycles. The molecular formula is C13H24O3. The Morgan fingerprint density at radius 3 is 2.31 bits per heavy atom. The van der Waals surface area contributed by atoms with Crippen LogP contribution >= 0.6 is 0 Å². The predicted octanol–water partition coefficient (Wildman–Crippen LogP) is 2.49. The van der Waals surface area contributed by atoms with Crippen LogP contribution in [0.1, 0.15) is 40.0 Å². The fourth-order valence-corrected chi connectivity index (χ4v) is 2.40. The lowest BCUT2D eigenvalue weighted by Crippen LogP contribution is -2.37. The lowest BCUT2D eigenvalue weighted by molar-refractivity contribution is -0.193. The molecule has 0 aromatic carbocycles. The first kappa shape index (κ1) is 13.7. The third-order valence-electron chi connectivity index (χ3n) is 3.20. The summed E-state index contributed by atoms with van der Waals surface area (Å²) >= 11 is 0. The van der Waals surface area contributed by atoms with Gasteiger partial charge in [0, 0.05) is 5.92 Å². The van der Waals surface area contributed by atoms with E-state index in [9.17, 15) is 5.11 Å². The van der Waals surface area contributed by atoms with Crippen LogP contribution in [0.5, 0.6) is 0 Å². The first-order chi connectivity index (χ1) is 7.50. The molecule has 0 radical (unpaired) electrons. The molecule has 0 aromatic rings. The fraction of sp³-hybridized carbons (Fsp3) is 0.846. The quantitative estimate of drug-likeness (QED) is 0.710. The van der Waals surface area contributed by atoms with Crippen LogP contribution in [-0.2, 0) is 9.47 Å². The Hall–Kier alpha value is -0.380. The number of hydrogen-bond donors (Lipinski definition) is 1. The average Bonchev–Trinajstić information content (AvgIpc) is 2.65. The number of ether oxygens (including phenoxy) is 2. The van der Waals surface area contributed by atoms with Crippen molar-refractivity contribution in [2.75, 3.05) is 13.2 Å². The SMILES string of the molecule is C=C(CC(C)C1(CC)OCCO1)C[C@@H](C)O. The summed E-state index contributed by atoms with van der Waals surface area (Å²) in [6, 6.07) is 0. The zero-order valence-electron chi connectivity index (χ0n) is 10.7.